The predicted octanol–water partition coefficient (Wildman–Crippen LogP) is 2.92. The Hall–Kier alpha value is -1.79. The number of nitrogens with two attached hydrogens (primary N) is 1. The van der Waals surface area contributed by atoms with Crippen molar-refractivity contribution < 1.29 is 17.6 Å². The molecule has 1 heterocycles. The molecule has 2 aromatic rings. The standard InChI is InChI=1S/C14H15F3N2O/c15-14(16,17)12-3-1-2-10(6-12)7-13(19-18)8-11-4-5-20-9-11/h1-6,9,13,19H,7-8,18H2. The second-order valence-electron chi connectivity index (χ2n) is 4.60. The first-order chi connectivity index (χ1) is 9.49. The number of hydrogen-bond acceptors (Lipinski definition) is 3. The highest BCUT2D eigenvalue weighted by atomic mass is 19.4. The van der Waals surface area contributed by atoms with E-state index in [4.69, 9.17) is 10.3 Å². The molecule has 0 saturated heterocycles. The minimum absolute atomic E-state index is 0.156. The van der Waals surface area contributed by atoms with Crippen LogP contribution in [0.4, 0.5) is 13.2 Å². The lowest BCUT2D eigenvalue weighted by atomic mass is 9.99. The maximum Gasteiger partial charge on any atom is 0.416 e. The summed E-state index contributed by atoms with van der Waals surface area (Å²) in [6, 6.07) is 6.93. The zero-order valence-electron chi connectivity index (χ0n) is 10.7. The Balaban J connectivity index is 2.07. The summed E-state index contributed by atoms with van der Waals surface area (Å²) >= 11 is 0. The van der Waals surface area contributed by atoms with E-state index < -0.39 is 11.7 Å². The van der Waals surface area contributed by atoms with Crippen molar-refractivity contribution in [3.63, 3.8) is 0 Å². The largest absolute Gasteiger partial charge is 0.472 e. The van der Waals surface area contributed by atoms with Crippen LogP contribution in [0.2, 0.25) is 0 Å². The van der Waals surface area contributed by atoms with Crippen LogP contribution in [0, 0.1) is 0 Å². The van der Waals surface area contributed by atoms with Crippen LogP contribution < -0.4 is 11.3 Å². The van der Waals surface area contributed by atoms with Crippen LogP contribution in [-0.4, -0.2) is 6.04 Å². The molecule has 0 spiro atoms. The molecule has 6 heteroatoms. The van der Waals surface area contributed by atoms with Gasteiger partial charge in [-0.1, -0.05) is 18.2 Å². The Morgan fingerprint density at radius 1 is 1.15 bits per heavy atom. The molecule has 20 heavy (non-hydrogen) atoms. The van der Waals surface area contributed by atoms with Crippen LogP contribution in [0.25, 0.3) is 0 Å². The first-order valence-electron chi connectivity index (χ1n) is 6.12. The lowest BCUT2D eigenvalue weighted by molar-refractivity contribution is -0.137. The fraction of sp³-hybridized carbons (Fsp3) is 0.286. The van der Waals surface area contributed by atoms with Crippen molar-refractivity contribution in [2.75, 3.05) is 0 Å². The fourth-order valence-corrected chi connectivity index (χ4v) is 2.04. The second kappa shape index (κ2) is 6.11. The maximum atomic E-state index is 12.6. The van der Waals surface area contributed by atoms with E-state index in [0.29, 0.717) is 18.4 Å². The molecule has 2 rings (SSSR count). The highest BCUT2D eigenvalue weighted by molar-refractivity contribution is 5.26. The van der Waals surface area contributed by atoms with Gasteiger partial charge in [-0.15, -0.1) is 0 Å². The Kier molecular flexibility index (Phi) is 4.46. The summed E-state index contributed by atoms with van der Waals surface area (Å²) < 4.78 is 42.9. The predicted molar refractivity (Wildman–Crippen MR) is 68.7 cm³/mol. The molecule has 1 aromatic heterocycles. The molecule has 1 atom stereocenters. The lowest BCUT2D eigenvalue weighted by Crippen LogP contribution is -2.38. The summed E-state index contributed by atoms with van der Waals surface area (Å²) in [6.45, 7) is 0. The molecule has 3 N–H and O–H groups in total. The summed E-state index contributed by atoms with van der Waals surface area (Å²) in [7, 11) is 0. The van der Waals surface area contributed by atoms with Crippen molar-refractivity contribution in [1.82, 2.24) is 5.43 Å². The molecule has 0 saturated carbocycles. The molecule has 0 aliphatic carbocycles. The van der Waals surface area contributed by atoms with Crippen LogP contribution >= 0.6 is 0 Å². The molecule has 1 aromatic carbocycles. The van der Waals surface area contributed by atoms with Gasteiger partial charge in [0.2, 0.25) is 0 Å². The Morgan fingerprint density at radius 2 is 1.90 bits per heavy atom. The van der Waals surface area contributed by atoms with Gasteiger partial charge in [-0.05, 0) is 36.1 Å². The molecular formula is C14H15F3N2O. The minimum Gasteiger partial charge on any atom is -0.472 e. The van der Waals surface area contributed by atoms with Crippen molar-refractivity contribution >= 4 is 0 Å². The molecule has 108 valence electrons. The van der Waals surface area contributed by atoms with Crippen molar-refractivity contribution in [1.29, 1.82) is 0 Å². The van der Waals surface area contributed by atoms with E-state index in [1.54, 1.807) is 24.7 Å². The minimum atomic E-state index is -4.33. The number of alkyl halides is 3. The molecule has 0 aliphatic heterocycles. The van der Waals surface area contributed by atoms with Crippen LogP contribution in [-0.2, 0) is 19.0 Å². The molecule has 0 fully saturated rings. The van der Waals surface area contributed by atoms with E-state index >= 15 is 0 Å². The van der Waals surface area contributed by atoms with Crippen molar-refractivity contribution in [3.05, 3.63) is 59.5 Å². The average molecular weight is 284 g/mol. The highest BCUT2D eigenvalue weighted by Gasteiger charge is 2.30. The van der Waals surface area contributed by atoms with Gasteiger partial charge in [0.05, 0.1) is 18.1 Å². The van der Waals surface area contributed by atoms with Crippen molar-refractivity contribution in [2.24, 2.45) is 5.84 Å². The third-order valence-corrected chi connectivity index (χ3v) is 3.03. The normalized spacial score (nSPS) is 13.4. The van der Waals surface area contributed by atoms with Gasteiger partial charge >= 0.3 is 6.18 Å². The zero-order valence-corrected chi connectivity index (χ0v) is 10.7. The van der Waals surface area contributed by atoms with Crippen molar-refractivity contribution in [3.8, 4) is 0 Å². The quantitative estimate of drug-likeness (QED) is 0.655. The smallest absolute Gasteiger partial charge is 0.416 e. The van der Waals surface area contributed by atoms with E-state index in [1.165, 1.54) is 6.07 Å². The highest BCUT2D eigenvalue weighted by Crippen LogP contribution is 2.29. The third-order valence-electron chi connectivity index (χ3n) is 3.03. The fourth-order valence-electron chi connectivity index (χ4n) is 2.04. The van der Waals surface area contributed by atoms with Crippen LogP contribution in [0.5, 0.6) is 0 Å². The molecule has 0 bridgehead atoms. The lowest BCUT2D eigenvalue weighted by Gasteiger charge is -2.16. The summed E-state index contributed by atoms with van der Waals surface area (Å²) in [5.74, 6) is 5.46. The summed E-state index contributed by atoms with van der Waals surface area (Å²) in [4.78, 5) is 0. The summed E-state index contributed by atoms with van der Waals surface area (Å²) in [6.07, 6.45) is -0.190. The Morgan fingerprint density at radius 3 is 2.50 bits per heavy atom. The molecule has 0 aliphatic rings. The van der Waals surface area contributed by atoms with Gasteiger partial charge in [-0.2, -0.15) is 13.2 Å². The van der Waals surface area contributed by atoms with Gasteiger partial charge < -0.3 is 4.42 Å². The van der Waals surface area contributed by atoms with Gasteiger partial charge in [0.1, 0.15) is 0 Å². The number of rotatable bonds is 5. The number of hydrogen-bond donors (Lipinski definition) is 2. The van der Waals surface area contributed by atoms with E-state index in [0.717, 1.165) is 17.7 Å². The monoisotopic (exact) mass is 284 g/mol. The van der Waals surface area contributed by atoms with Crippen LogP contribution in [0.1, 0.15) is 16.7 Å². The first-order valence-corrected chi connectivity index (χ1v) is 6.12. The number of hydrazine groups is 1. The van der Waals surface area contributed by atoms with Gasteiger partial charge in [-0.3, -0.25) is 11.3 Å². The topological polar surface area (TPSA) is 51.2 Å². The zero-order chi connectivity index (χ0) is 14.6. The molecule has 0 radical (unpaired) electrons. The van der Waals surface area contributed by atoms with E-state index in [-0.39, 0.29) is 6.04 Å². The third kappa shape index (κ3) is 3.85. The second-order valence-corrected chi connectivity index (χ2v) is 4.60. The van der Waals surface area contributed by atoms with E-state index in [2.05, 4.69) is 5.43 Å². The summed E-state index contributed by atoms with van der Waals surface area (Å²) in [5, 5.41) is 0. The average Bonchev–Trinajstić information content (AvgIpc) is 2.90. The Labute approximate surface area is 114 Å². The van der Waals surface area contributed by atoms with Gasteiger partial charge in [0.25, 0.3) is 0 Å². The molecular weight excluding hydrogens is 269 g/mol. The number of nitrogens with one attached hydrogen (secondary N) is 1. The van der Waals surface area contributed by atoms with Gasteiger partial charge in [-0.25, -0.2) is 0 Å². The van der Waals surface area contributed by atoms with Crippen LogP contribution in [0.15, 0.2) is 47.3 Å². The van der Waals surface area contributed by atoms with Gasteiger partial charge in [0.15, 0.2) is 0 Å². The molecule has 0 amide bonds. The number of benzene rings is 1. The first kappa shape index (κ1) is 14.6. The SMILES string of the molecule is NNC(Cc1ccoc1)Cc1cccc(C(F)(F)F)c1. The summed E-state index contributed by atoms with van der Waals surface area (Å²) in [5.41, 5.74) is 3.51. The van der Waals surface area contributed by atoms with Crippen LogP contribution in [0.3, 0.4) is 0 Å². The molecule has 1 unspecified atom stereocenters. The van der Waals surface area contributed by atoms with Gasteiger partial charge in [0, 0.05) is 6.04 Å². The Bertz CT molecular complexity index is 538. The van der Waals surface area contributed by atoms with E-state index in [1.807, 2.05) is 0 Å². The number of halogens is 3. The number of furan rings is 1. The van der Waals surface area contributed by atoms with Crippen molar-refractivity contribution in [2.45, 2.75) is 25.1 Å². The maximum absolute atomic E-state index is 12.6. The molecule has 3 nitrogen and oxygen atoms in total. The van der Waals surface area contributed by atoms with E-state index in [9.17, 15) is 13.2 Å².